The van der Waals surface area contributed by atoms with E-state index < -0.39 is 0 Å². The predicted octanol–water partition coefficient (Wildman–Crippen LogP) is 1.62. The predicted molar refractivity (Wildman–Crippen MR) is 84.5 cm³/mol. The molecule has 0 saturated carbocycles. The van der Waals surface area contributed by atoms with E-state index in [-0.39, 0.29) is 17.9 Å². The second-order valence-corrected chi connectivity index (χ2v) is 6.28. The molecule has 2 aliphatic rings. The third-order valence-corrected chi connectivity index (χ3v) is 4.38. The monoisotopic (exact) mass is 304 g/mol. The minimum Gasteiger partial charge on any atom is -0.392 e. The van der Waals surface area contributed by atoms with Crippen molar-refractivity contribution in [3.05, 3.63) is 29.8 Å². The second kappa shape index (κ2) is 7.22. The van der Waals surface area contributed by atoms with Crippen LogP contribution in [0.5, 0.6) is 0 Å². The topological polar surface area (TPSA) is 61.8 Å². The number of β-amino-alcohol motifs (C(OH)–C–C–N with tert-alkyl or cyclic N) is 1. The molecule has 1 aromatic carbocycles. The lowest BCUT2D eigenvalue weighted by atomic mass is 10.0. The van der Waals surface area contributed by atoms with Gasteiger partial charge in [0.2, 0.25) is 5.91 Å². The molecular formula is C17H24N2O3. The van der Waals surface area contributed by atoms with Gasteiger partial charge in [-0.2, -0.15) is 0 Å². The maximum Gasteiger partial charge on any atom is 0.229 e. The maximum absolute atomic E-state index is 12.2. The zero-order chi connectivity index (χ0) is 15.4. The Labute approximate surface area is 131 Å². The summed E-state index contributed by atoms with van der Waals surface area (Å²) in [7, 11) is 0. The molecule has 2 saturated heterocycles. The Bertz CT molecular complexity index is 514. The zero-order valence-electron chi connectivity index (χ0n) is 12.8. The average molecular weight is 304 g/mol. The number of hydrogen-bond acceptors (Lipinski definition) is 4. The Morgan fingerprint density at radius 2 is 2.32 bits per heavy atom. The molecule has 2 N–H and O–H groups in total. The number of benzene rings is 1. The van der Waals surface area contributed by atoms with E-state index in [2.05, 4.69) is 16.3 Å². The highest BCUT2D eigenvalue weighted by Crippen LogP contribution is 2.19. The summed E-state index contributed by atoms with van der Waals surface area (Å²) in [6, 6.07) is 7.97. The van der Waals surface area contributed by atoms with Gasteiger partial charge in [-0.1, -0.05) is 12.1 Å². The van der Waals surface area contributed by atoms with E-state index >= 15 is 0 Å². The van der Waals surface area contributed by atoms with Crippen LogP contribution in [0, 0.1) is 5.92 Å². The number of aliphatic hydroxyl groups is 1. The Hall–Kier alpha value is -1.43. The van der Waals surface area contributed by atoms with Crippen LogP contribution < -0.4 is 5.32 Å². The lowest BCUT2D eigenvalue weighted by Gasteiger charge is -2.21. The van der Waals surface area contributed by atoms with Gasteiger partial charge in [0.1, 0.15) is 0 Å². The van der Waals surface area contributed by atoms with Crippen molar-refractivity contribution in [3.63, 3.8) is 0 Å². The number of nitrogens with one attached hydrogen (secondary N) is 1. The number of nitrogens with zero attached hydrogens (tertiary/aromatic N) is 1. The summed E-state index contributed by atoms with van der Waals surface area (Å²) in [5.41, 5.74) is 2.00. The molecule has 2 aliphatic heterocycles. The van der Waals surface area contributed by atoms with Crippen LogP contribution in [0.1, 0.15) is 24.8 Å². The van der Waals surface area contributed by atoms with Crippen molar-refractivity contribution in [2.75, 3.05) is 31.6 Å². The lowest BCUT2D eigenvalue weighted by Crippen LogP contribution is -2.30. The second-order valence-electron chi connectivity index (χ2n) is 6.28. The Morgan fingerprint density at radius 1 is 1.41 bits per heavy atom. The zero-order valence-corrected chi connectivity index (χ0v) is 12.8. The molecule has 0 unspecified atom stereocenters. The molecule has 0 aromatic heterocycles. The third-order valence-electron chi connectivity index (χ3n) is 4.38. The van der Waals surface area contributed by atoms with Gasteiger partial charge in [0, 0.05) is 31.9 Å². The molecule has 3 rings (SSSR count). The van der Waals surface area contributed by atoms with Crippen LogP contribution in [0.4, 0.5) is 5.69 Å². The van der Waals surface area contributed by atoms with Gasteiger partial charge in [0.25, 0.3) is 0 Å². The quantitative estimate of drug-likeness (QED) is 0.887. The number of amides is 1. The molecule has 2 fully saturated rings. The molecule has 22 heavy (non-hydrogen) atoms. The molecule has 5 heteroatoms. The smallest absolute Gasteiger partial charge is 0.229 e. The number of ether oxygens (including phenoxy) is 1. The first-order valence-electron chi connectivity index (χ1n) is 8.08. The molecule has 1 amide bonds. The summed E-state index contributed by atoms with van der Waals surface area (Å²) < 4.78 is 5.37. The van der Waals surface area contributed by atoms with E-state index in [4.69, 9.17) is 4.74 Å². The van der Waals surface area contributed by atoms with Gasteiger partial charge in [-0.15, -0.1) is 0 Å². The van der Waals surface area contributed by atoms with Crippen molar-refractivity contribution in [1.82, 2.24) is 4.90 Å². The van der Waals surface area contributed by atoms with Crippen LogP contribution >= 0.6 is 0 Å². The summed E-state index contributed by atoms with van der Waals surface area (Å²) in [4.78, 5) is 14.5. The van der Waals surface area contributed by atoms with Gasteiger partial charge in [-0.25, -0.2) is 0 Å². The number of carbonyl (C=O) groups excluding carboxylic acids is 1. The third kappa shape index (κ3) is 4.06. The van der Waals surface area contributed by atoms with E-state index in [0.717, 1.165) is 56.8 Å². The lowest BCUT2D eigenvalue weighted by molar-refractivity contribution is -0.123. The van der Waals surface area contributed by atoms with Crippen LogP contribution in [0.15, 0.2) is 24.3 Å². The number of aliphatic hydroxyl groups excluding tert-OH is 1. The van der Waals surface area contributed by atoms with Crippen LogP contribution in [0.25, 0.3) is 0 Å². The van der Waals surface area contributed by atoms with Gasteiger partial charge in [0.15, 0.2) is 0 Å². The first-order valence-corrected chi connectivity index (χ1v) is 8.08. The number of hydrogen-bond donors (Lipinski definition) is 2. The SMILES string of the molecule is O=C(Nc1cccc(CN2CC[C@H](O)C2)c1)[C@@H]1CCCOC1. The molecular weight excluding hydrogens is 280 g/mol. The normalized spacial score (nSPS) is 26.0. The van der Waals surface area contributed by atoms with Crippen LogP contribution in [-0.2, 0) is 16.1 Å². The Kier molecular flexibility index (Phi) is 5.08. The fourth-order valence-electron chi connectivity index (χ4n) is 3.15. The van der Waals surface area contributed by atoms with E-state index in [1.54, 1.807) is 0 Å². The van der Waals surface area contributed by atoms with Gasteiger partial charge in [-0.05, 0) is 37.0 Å². The average Bonchev–Trinajstić information content (AvgIpc) is 2.93. The molecule has 0 radical (unpaired) electrons. The van der Waals surface area contributed by atoms with Crippen molar-refractivity contribution in [2.45, 2.75) is 31.9 Å². The van der Waals surface area contributed by atoms with Crippen molar-refractivity contribution in [1.29, 1.82) is 0 Å². The van der Waals surface area contributed by atoms with Crippen molar-refractivity contribution in [3.8, 4) is 0 Å². The van der Waals surface area contributed by atoms with Crippen LogP contribution in [0.3, 0.4) is 0 Å². The highest BCUT2D eigenvalue weighted by atomic mass is 16.5. The van der Waals surface area contributed by atoms with Gasteiger partial charge >= 0.3 is 0 Å². The van der Waals surface area contributed by atoms with E-state index in [0.29, 0.717) is 6.61 Å². The molecule has 2 atom stereocenters. The molecule has 1 aromatic rings. The van der Waals surface area contributed by atoms with Gasteiger partial charge in [0.05, 0.1) is 18.6 Å². The fraction of sp³-hybridized carbons (Fsp3) is 0.588. The van der Waals surface area contributed by atoms with Gasteiger partial charge in [-0.3, -0.25) is 9.69 Å². The van der Waals surface area contributed by atoms with Crippen molar-refractivity contribution >= 4 is 11.6 Å². The Morgan fingerprint density at radius 3 is 3.05 bits per heavy atom. The molecule has 0 bridgehead atoms. The maximum atomic E-state index is 12.2. The molecule has 0 aliphatic carbocycles. The van der Waals surface area contributed by atoms with Crippen LogP contribution in [0.2, 0.25) is 0 Å². The Balaban J connectivity index is 1.57. The molecule has 0 spiro atoms. The highest BCUT2D eigenvalue weighted by molar-refractivity contribution is 5.92. The van der Waals surface area contributed by atoms with Crippen LogP contribution in [-0.4, -0.2) is 48.3 Å². The first kappa shape index (κ1) is 15.5. The summed E-state index contributed by atoms with van der Waals surface area (Å²) >= 11 is 0. The van der Waals surface area contributed by atoms with Crippen molar-refractivity contribution in [2.24, 2.45) is 5.92 Å². The minimum atomic E-state index is -0.200. The fourth-order valence-corrected chi connectivity index (χ4v) is 3.15. The number of carbonyl (C=O) groups is 1. The summed E-state index contributed by atoms with van der Waals surface area (Å²) in [5, 5.41) is 12.6. The van der Waals surface area contributed by atoms with E-state index in [1.165, 1.54) is 0 Å². The highest BCUT2D eigenvalue weighted by Gasteiger charge is 2.22. The van der Waals surface area contributed by atoms with Gasteiger partial charge < -0.3 is 15.2 Å². The van der Waals surface area contributed by atoms with Crippen molar-refractivity contribution < 1.29 is 14.6 Å². The largest absolute Gasteiger partial charge is 0.392 e. The standard InChI is InChI=1S/C17H24N2O3/c20-16-6-7-19(11-16)10-13-3-1-5-15(9-13)18-17(21)14-4-2-8-22-12-14/h1,3,5,9,14,16,20H,2,4,6-8,10-12H2,(H,18,21)/t14-,16+/m1/s1. The van der Waals surface area contributed by atoms with E-state index in [1.807, 2.05) is 18.2 Å². The first-order chi connectivity index (χ1) is 10.7. The molecule has 120 valence electrons. The number of rotatable bonds is 4. The molecule has 2 heterocycles. The number of likely N-dealkylation sites (tertiary alicyclic amines) is 1. The summed E-state index contributed by atoms with van der Waals surface area (Å²) in [6.07, 6.45) is 2.50. The number of anilines is 1. The summed E-state index contributed by atoms with van der Waals surface area (Å²) in [6.45, 7) is 3.76. The summed E-state index contributed by atoms with van der Waals surface area (Å²) in [5.74, 6) is 0.0135. The minimum absolute atomic E-state index is 0.0360. The van der Waals surface area contributed by atoms with E-state index in [9.17, 15) is 9.90 Å². The molecule has 5 nitrogen and oxygen atoms in total.